The van der Waals surface area contributed by atoms with Gasteiger partial charge >= 0.3 is 0 Å². The quantitative estimate of drug-likeness (QED) is 0.450. The van der Waals surface area contributed by atoms with E-state index in [0.717, 1.165) is 24.0 Å². The van der Waals surface area contributed by atoms with Gasteiger partial charge in [0, 0.05) is 23.1 Å². The van der Waals surface area contributed by atoms with Gasteiger partial charge in [0.15, 0.2) is 12.2 Å². The molecule has 2 rings (SSSR count). The monoisotopic (exact) mass is 480 g/mol. The molecule has 0 bridgehead atoms. The predicted molar refractivity (Wildman–Crippen MR) is 128 cm³/mol. The molecule has 0 spiro atoms. The highest BCUT2D eigenvalue weighted by molar-refractivity contribution is 6.31. The molecule has 2 atom stereocenters. The molecule has 2 N–H and O–H groups in total. The minimum Gasteiger partial charge on any atom is -0.481 e. The van der Waals surface area contributed by atoms with Gasteiger partial charge in [-0.2, -0.15) is 0 Å². The van der Waals surface area contributed by atoms with Gasteiger partial charge in [-0.3, -0.25) is 9.59 Å². The van der Waals surface area contributed by atoms with Crippen molar-refractivity contribution < 1.29 is 19.1 Å². The Balaban J connectivity index is 1.62. The lowest BCUT2D eigenvalue weighted by molar-refractivity contribution is -0.128. The van der Waals surface area contributed by atoms with Crippen LogP contribution in [-0.4, -0.2) is 37.1 Å². The largest absolute Gasteiger partial charge is 0.481 e. The second kappa shape index (κ2) is 12.6. The van der Waals surface area contributed by atoms with Crippen LogP contribution in [0.15, 0.2) is 36.4 Å². The van der Waals surface area contributed by atoms with Crippen LogP contribution in [0, 0.1) is 13.8 Å². The third kappa shape index (κ3) is 8.24. The number of aryl methyl sites for hydroxylation is 2. The fourth-order valence-electron chi connectivity index (χ4n) is 2.94. The molecule has 2 unspecified atom stereocenters. The maximum absolute atomic E-state index is 12.2. The zero-order chi connectivity index (χ0) is 23.7. The number of rotatable bonds is 11. The van der Waals surface area contributed by atoms with E-state index >= 15 is 0 Å². The SMILES string of the molecule is Cc1cc(Cl)ccc1OC(C)C(=O)NCCCCNC(=O)C(C)Oc1ccc(Cl)cc1C. The Morgan fingerprint density at radius 2 is 1.16 bits per heavy atom. The average Bonchev–Trinajstić information content (AvgIpc) is 2.74. The van der Waals surface area contributed by atoms with Crippen LogP contribution in [0.4, 0.5) is 0 Å². The highest BCUT2D eigenvalue weighted by Crippen LogP contribution is 2.23. The summed E-state index contributed by atoms with van der Waals surface area (Å²) in [6.07, 6.45) is 0.210. The first-order valence-electron chi connectivity index (χ1n) is 10.6. The Morgan fingerprint density at radius 1 is 0.781 bits per heavy atom. The van der Waals surface area contributed by atoms with E-state index in [9.17, 15) is 9.59 Å². The van der Waals surface area contributed by atoms with Gasteiger partial charge in [0.2, 0.25) is 0 Å². The molecule has 0 saturated heterocycles. The van der Waals surface area contributed by atoms with E-state index in [-0.39, 0.29) is 11.8 Å². The fraction of sp³-hybridized carbons (Fsp3) is 0.417. The Bertz CT molecular complexity index is 861. The van der Waals surface area contributed by atoms with Crippen molar-refractivity contribution in [3.05, 3.63) is 57.6 Å². The Hall–Kier alpha value is -2.44. The Morgan fingerprint density at radius 3 is 1.50 bits per heavy atom. The molecule has 2 amide bonds. The number of carbonyl (C=O) groups excluding carboxylic acids is 2. The normalized spacial score (nSPS) is 12.6. The zero-order valence-electron chi connectivity index (χ0n) is 18.8. The number of halogens is 2. The highest BCUT2D eigenvalue weighted by atomic mass is 35.5. The topological polar surface area (TPSA) is 76.7 Å². The molecule has 174 valence electrons. The van der Waals surface area contributed by atoms with E-state index in [1.807, 2.05) is 13.8 Å². The van der Waals surface area contributed by atoms with E-state index in [2.05, 4.69) is 10.6 Å². The molecule has 2 aromatic carbocycles. The van der Waals surface area contributed by atoms with E-state index in [1.54, 1.807) is 50.2 Å². The van der Waals surface area contributed by atoms with E-state index < -0.39 is 12.2 Å². The number of ether oxygens (including phenoxy) is 2. The highest BCUT2D eigenvalue weighted by Gasteiger charge is 2.16. The van der Waals surface area contributed by atoms with Crippen LogP contribution in [0.2, 0.25) is 10.0 Å². The van der Waals surface area contributed by atoms with Gasteiger partial charge in [-0.05, 0) is 88.1 Å². The number of nitrogens with one attached hydrogen (secondary N) is 2. The lowest BCUT2D eigenvalue weighted by Crippen LogP contribution is -2.38. The van der Waals surface area contributed by atoms with Gasteiger partial charge in [-0.15, -0.1) is 0 Å². The number of amides is 2. The molecule has 0 heterocycles. The molecule has 0 radical (unpaired) electrons. The van der Waals surface area contributed by atoms with Crippen molar-refractivity contribution in [3.63, 3.8) is 0 Å². The lowest BCUT2D eigenvalue weighted by Gasteiger charge is -2.17. The molecule has 0 fully saturated rings. The van der Waals surface area contributed by atoms with E-state index in [0.29, 0.717) is 34.6 Å². The summed E-state index contributed by atoms with van der Waals surface area (Å²) in [6, 6.07) is 10.5. The number of carbonyl (C=O) groups is 2. The van der Waals surface area contributed by atoms with Gasteiger partial charge in [0.25, 0.3) is 11.8 Å². The summed E-state index contributed by atoms with van der Waals surface area (Å²) in [5.41, 5.74) is 1.75. The van der Waals surface area contributed by atoms with Crippen LogP contribution in [0.5, 0.6) is 11.5 Å². The van der Waals surface area contributed by atoms with Gasteiger partial charge in [0.1, 0.15) is 11.5 Å². The van der Waals surface area contributed by atoms with Gasteiger partial charge in [-0.1, -0.05) is 23.2 Å². The van der Waals surface area contributed by atoms with Gasteiger partial charge in [0.05, 0.1) is 0 Å². The zero-order valence-corrected chi connectivity index (χ0v) is 20.3. The van der Waals surface area contributed by atoms with Crippen LogP contribution < -0.4 is 20.1 Å². The summed E-state index contributed by atoms with van der Waals surface area (Å²) in [5.74, 6) is 0.877. The molecule has 0 saturated carbocycles. The average molecular weight is 481 g/mol. The van der Waals surface area contributed by atoms with E-state index in [4.69, 9.17) is 32.7 Å². The van der Waals surface area contributed by atoms with Crippen molar-refractivity contribution >= 4 is 35.0 Å². The van der Waals surface area contributed by atoms with Crippen LogP contribution in [-0.2, 0) is 9.59 Å². The molecule has 2 aromatic rings. The van der Waals surface area contributed by atoms with Crippen molar-refractivity contribution in [2.24, 2.45) is 0 Å². The first kappa shape index (κ1) is 25.8. The van der Waals surface area contributed by atoms with Crippen molar-refractivity contribution in [1.29, 1.82) is 0 Å². The summed E-state index contributed by atoms with van der Waals surface area (Å²) in [6.45, 7) is 8.15. The van der Waals surface area contributed by atoms with Crippen LogP contribution in [0.3, 0.4) is 0 Å². The van der Waals surface area contributed by atoms with Gasteiger partial charge < -0.3 is 20.1 Å². The summed E-state index contributed by atoms with van der Waals surface area (Å²) < 4.78 is 11.4. The molecule has 0 aromatic heterocycles. The second-order valence-corrected chi connectivity index (χ2v) is 8.50. The summed E-state index contributed by atoms with van der Waals surface area (Å²) in [7, 11) is 0. The number of unbranched alkanes of at least 4 members (excludes halogenated alkanes) is 1. The van der Waals surface area contributed by atoms with E-state index in [1.165, 1.54) is 0 Å². The molecular formula is C24H30Cl2N2O4. The smallest absolute Gasteiger partial charge is 0.260 e. The third-order valence-electron chi connectivity index (χ3n) is 4.82. The molecule has 0 aliphatic heterocycles. The third-order valence-corrected chi connectivity index (χ3v) is 5.29. The maximum atomic E-state index is 12.2. The maximum Gasteiger partial charge on any atom is 0.260 e. The molecular weight excluding hydrogens is 451 g/mol. The van der Waals surface area contributed by atoms with Crippen molar-refractivity contribution in [3.8, 4) is 11.5 Å². The van der Waals surface area contributed by atoms with Crippen molar-refractivity contribution in [2.45, 2.75) is 52.7 Å². The summed E-state index contributed by atoms with van der Waals surface area (Å²) in [5, 5.41) is 6.95. The molecule has 32 heavy (non-hydrogen) atoms. The van der Waals surface area contributed by atoms with Crippen molar-refractivity contribution in [2.75, 3.05) is 13.1 Å². The molecule has 0 aliphatic carbocycles. The standard InChI is InChI=1S/C24H30Cl2N2O4/c1-15-13-19(25)7-9-21(15)31-17(3)23(29)27-11-5-6-12-28-24(30)18(4)32-22-10-8-20(26)14-16(22)2/h7-10,13-14,17-18H,5-6,11-12H2,1-4H3,(H,27,29)(H,28,30). The number of hydrogen-bond acceptors (Lipinski definition) is 4. The molecule has 8 heteroatoms. The Labute approximate surface area is 199 Å². The number of benzene rings is 2. The van der Waals surface area contributed by atoms with Crippen molar-refractivity contribution in [1.82, 2.24) is 10.6 Å². The van der Waals surface area contributed by atoms with Crippen LogP contribution in [0.25, 0.3) is 0 Å². The first-order valence-corrected chi connectivity index (χ1v) is 11.3. The first-order chi connectivity index (χ1) is 15.2. The minimum atomic E-state index is -0.621. The lowest BCUT2D eigenvalue weighted by atomic mass is 10.2. The fourth-order valence-corrected chi connectivity index (χ4v) is 3.39. The minimum absolute atomic E-state index is 0.191. The number of hydrogen-bond donors (Lipinski definition) is 2. The molecule has 0 aliphatic rings. The summed E-state index contributed by atoms with van der Waals surface area (Å²) in [4.78, 5) is 24.4. The Kier molecular flexibility index (Phi) is 10.1. The molecule has 6 nitrogen and oxygen atoms in total. The second-order valence-electron chi connectivity index (χ2n) is 7.63. The van der Waals surface area contributed by atoms with Gasteiger partial charge in [-0.25, -0.2) is 0 Å². The predicted octanol–water partition coefficient (Wildman–Crippen LogP) is 4.86. The van der Waals surface area contributed by atoms with Crippen LogP contribution in [0.1, 0.15) is 37.8 Å². The summed E-state index contributed by atoms with van der Waals surface area (Å²) >= 11 is 11.9. The van der Waals surface area contributed by atoms with Crippen LogP contribution >= 0.6 is 23.2 Å².